The fraction of sp³-hybridized carbons (Fsp3) is 0.0217. The minimum atomic E-state index is -0.992. The summed E-state index contributed by atoms with van der Waals surface area (Å²) in [7, 11) is 0. The van der Waals surface area contributed by atoms with Gasteiger partial charge in [0.1, 0.15) is 0 Å². The number of thioether (sulfide) groups is 2. The van der Waals surface area contributed by atoms with E-state index in [1.54, 1.807) is 28.0 Å². The molecular formula is C46H30N6O2S2. The van der Waals surface area contributed by atoms with E-state index in [2.05, 4.69) is 12.1 Å². The SMILES string of the molecule is N#Cc1ccc(/C=C2\SC(=Nc3cccc(-c4cc(C#N)cc(/C=C5\SC(=Nc6ccccc6)N(c6ccccc6)C5O)c4)c3)N(c3ccccc3)C2=O)cc1. The fourth-order valence-electron chi connectivity index (χ4n) is 6.23. The zero-order chi connectivity index (χ0) is 38.4. The molecular weight excluding hydrogens is 733 g/mol. The molecule has 1 unspecified atom stereocenters. The summed E-state index contributed by atoms with van der Waals surface area (Å²) in [6, 6.07) is 53.4. The van der Waals surface area contributed by atoms with Crippen LogP contribution in [0.5, 0.6) is 0 Å². The largest absolute Gasteiger partial charge is 0.368 e. The second-order valence-electron chi connectivity index (χ2n) is 12.7. The van der Waals surface area contributed by atoms with Crippen molar-refractivity contribution in [3.63, 3.8) is 0 Å². The predicted molar refractivity (Wildman–Crippen MR) is 228 cm³/mol. The van der Waals surface area contributed by atoms with Crippen molar-refractivity contribution in [3.8, 4) is 23.3 Å². The molecule has 2 fully saturated rings. The average molecular weight is 763 g/mol. The van der Waals surface area contributed by atoms with Crippen LogP contribution in [0.25, 0.3) is 23.3 Å². The quantitative estimate of drug-likeness (QED) is 0.161. The Bertz CT molecular complexity index is 2650. The van der Waals surface area contributed by atoms with E-state index in [0.29, 0.717) is 42.6 Å². The molecule has 0 saturated carbocycles. The molecule has 0 aromatic heterocycles. The monoisotopic (exact) mass is 762 g/mol. The number of anilines is 2. The number of amides is 1. The Hall–Kier alpha value is -6.95. The summed E-state index contributed by atoms with van der Waals surface area (Å²) in [4.78, 5) is 28.3. The summed E-state index contributed by atoms with van der Waals surface area (Å²) in [6.45, 7) is 0. The number of aliphatic hydroxyl groups is 1. The summed E-state index contributed by atoms with van der Waals surface area (Å²) in [5.41, 5.74) is 7.08. The van der Waals surface area contributed by atoms with Gasteiger partial charge in [0.25, 0.3) is 5.91 Å². The van der Waals surface area contributed by atoms with Gasteiger partial charge < -0.3 is 5.11 Å². The van der Waals surface area contributed by atoms with E-state index in [4.69, 9.17) is 9.98 Å². The Kier molecular flexibility index (Phi) is 10.4. The summed E-state index contributed by atoms with van der Waals surface area (Å²) in [5, 5.41) is 32.1. The first-order valence-corrected chi connectivity index (χ1v) is 19.2. The molecule has 56 heavy (non-hydrogen) atoms. The minimum Gasteiger partial charge on any atom is -0.368 e. The lowest BCUT2D eigenvalue weighted by atomic mass is 9.99. The lowest BCUT2D eigenvalue weighted by Crippen LogP contribution is -2.32. The Morgan fingerprint density at radius 1 is 0.589 bits per heavy atom. The highest BCUT2D eigenvalue weighted by molar-refractivity contribution is 8.19. The Morgan fingerprint density at radius 2 is 1.23 bits per heavy atom. The zero-order valence-corrected chi connectivity index (χ0v) is 31.2. The van der Waals surface area contributed by atoms with E-state index in [0.717, 1.165) is 33.6 Å². The molecule has 1 atom stereocenters. The molecule has 0 bridgehead atoms. The number of benzene rings is 6. The van der Waals surface area contributed by atoms with Gasteiger partial charge in [-0.05, 0) is 125 Å². The van der Waals surface area contributed by atoms with E-state index in [9.17, 15) is 20.4 Å². The summed E-state index contributed by atoms with van der Waals surface area (Å²) < 4.78 is 0. The maximum Gasteiger partial charge on any atom is 0.271 e. The van der Waals surface area contributed by atoms with Crippen LogP contribution in [-0.4, -0.2) is 27.6 Å². The van der Waals surface area contributed by atoms with Crippen molar-refractivity contribution in [2.24, 2.45) is 9.98 Å². The van der Waals surface area contributed by atoms with Crippen molar-refractivity contribution in [2.45, 2.75) is 6.23 Å². The van der Waals surface area contributed by atoms with Crippen LogP contribution in [0.1, 0.15) is 22.3 Å². The highest BCUT2D eigenvalue weighted by atomic mass is 32.2. The Morgan fingerprint density at radius 3 is 1.93 bits per heavy atom. The van der Waals surface area contributed by atoms with Gasteiger partial charge >= 0.3 is 0 Å². The molecule has 8 rings (SSSR count). The van der Waals surface area contributed by atoms with E-state index in [1.165, 1.54) is 23.5 Å². The number of hydrogen-bond acceptors (Lipinski definition) is 8. The predicted octanol–water partition coefficient (Wildman–Crippen LogP) is 10.5. The Balaban J connectivity index is 1.13. The standard InChI is InChI=1S/C46H30N6O2S2/c47-29-32-21-19-31(20-22-32)26-41-43(53)52(40-17-8-3-9-18-40)46(55-41)50-38-14-10-11-35(28-38)36-24-33(23-34(25-36)30-48)27-42-44(54)51(39-15-6-2-7-16-39)45(56-42)49-37-12-4-1-5-13-37/h1-28,44,54H/b41-26-,42-27-,49-45?,50-46?. The second kappa shape index (κ2) is 16.2. The molecule has 8 nitrogen and oxygen atoms in total. The maximum absolute atomic E-state index is 13.8. The van der Waals surface area contributed by atoms with Crippen LogP contribution in [0.4, 0.5) is 22.7 Å². The lowest BCUT2D eigenvalue weighted by Gasteiger charge is -2.22. The highest BCUT2D eigenvalue weighted by Crippen LogP contribution is 2.41. The van der Waals surface area contributed by atoms with Gasteiger partial charge in [-0.2, -0.15) is 10.5 Å². The first kappa shape index (κ1) is 36.0. The molecule has 0 radical (unpaired) electrons. The van der Waals surface area contributed by atoms with E-state index >= 15 is 0 Å². The van der Waals surface area contributed by atoms with Crippen LogP contribution in [0, 0.1) is 22.7 Å². The number of para-hydroxylation sites is 3. The third kappa shape index (κ3) is 7.81. The van der Waals surface area contributed by atoms with Crippen LogP contribution >= 0.6 is 23.5 Å². The van der Waals surface area contributed by atoms with Gasteiger partial charge in [-0.25, -0.2) is 9.98 Å². The molecule has 10 heteroatoms. The third-order valence-electron chi connectivity index (χ3n) is 8.89. The molecule has 2 aliphatic rings. The summed E-state index contributed by atoms with van der Waals surface area (Å²) in [6.07, 6.45) is 2.71. The number of hydrogen-bond donors (Lipinski definition) is 1. The van der Waals surface area contributed by atoms with Crippen molar-refractivity contribution < 1.29 is 9.90 Å². The van der Waals surface area contributed by atoms with Crippen LogP contribution < -0.4 is 9.80 Å². The van der Waals surface area contributed by atoms with Crippen LogP contribution in [-0.2, 0) is 4.79 Å². The van der Waals surface area contributed by atoms with Crippen LogP contribution in [0.3, 0.4) is 0 Å². The van der Waals surface area contributed by atoms with Crippen molar-refractivity contribution in [3.05, 3.63) is 190 Å². The number of amidine groups is 2. The van der Waals surface area contributed by atoms with Crippen LogP contribution in [0.15, 0.2) is 178 Å². The molecule has 2 aliphatic heterocycles. The summed E-state index contributed by atoms with van der Waals surface area (Å²) in [5.74, 6) is -0.199. The number of aliphatic imine (C=N–C) groups is 2. The molecule has 1 amide bonds. The molecule has 0 aliphatic carbocycles. The van der Waals surface area contributed by atoms with E-state index in [1.807, 2.05) is 152 Å². The molecule has 6 aromatic carbocycles. The fourth-order valence-corrected chi connectivity index (χ4v) is 8.30. The normalized spacial score (nSPS) is 18.2. The first-order valence-electron chi connectivity index (χ1n) is 17.5. The van der Waals surface area contributed by atoms with E-state index < -0.39 is 6.23 Å². The molecule has 6 aromatic rings. The van der Waals surface area contributed by atoms with E-state index in [-0.39, 0.29) is 5.91 Å². The van der Waals surface area contributed by atoms with Gasteiger partial charge in [-0.15, -0.1) is 0 Å². The smallest absolute Gasteiger partial charge is 0.271 e. The third-order valence-corrected chi connectivity index (χ3v) is 10.9. The van der Waals surface area contributed by atoms with Crippen LogP contribution in [0.2, 0.25) is 0 Å². The van der Waals surface area contributed by atoms with Gasteiger partial charge in [0.2, 0.25) is 0 Å². The van der Waals surface area contributed by atoms with Gasteiger partial charge in [-0.1, -0.05) is 90.6 Å². The second-order valence-corrected chi connectivity index (χ2v) is 14.7. The molecule has 0 spiro atoms. The van der Waals surface area contributed by atoms with Gasteiger partial charge in [0.15, 0.2) is 16.6 Å². The lowest BCUT2D eigenvalue weighted by molar-refractivity contribution is -0.113. The number of carbonyl (C=O) groups is 1. The van der Waals surface area contributed by atoms with Crippen molar-refractivity contribution >= 4 is 74.7 Å². The highest BCUT2D eigenvalue weighted by Gasteiger charge is 2.36. The summed E-state index contributed by atoms with van der Waals surface area (Å²) >= 11 is 2.66. The molecule has 2 heterocycles. The number of carbonyl (C=O) groups excluding carboxylic acids is 1. The van der Waals surface area contributed by atoms with Crippen molar-refractivity contribution in [1.29, 1.82) is 10.5 Å². The van der Waals surface area contributed by atoms with Gasteiger partial charge in [0, 0.05) is 10.6 Å². The molecule has 268 valence electrons. The van der Waals surface area contributed by atoms with Crippen molar-refractivity contribution in [1.82, 2.24) is 0 Å². The Labute approximate surface area is 332 Å². The molecule has 1 N–H and O–H groups in total. The zero-order valence-electron chi connectivity index (χ0n) is 29.6. The van der Waals surface area contributed by atoms with Gasteiger partial charge in [-0.3, -0.25) is 14.6 Å². The number of nitriles is 2. The van der Waals surface area contributed by atoms with Crippen molar-refractivity contribution in [2.75, 3.05) is 9.80 Å². The number of rotatable bonds is 7. The molecule has 2 saturated heterocycles. The van der Waals surface area contributed by atoms with Gasteiger partial charge in [0.05, 0.1) is 45.2 Å². The number of nitrogens with zero attached hydrogens (tertiary/aromatic N) is 6. The first-order chi connectivity index (χ1) is 27.4. The minimum absolute atomic E-state index is 0.199. The topological polar surface area (TPSA) is 116 Å². The maximum atomic E-state index is 13.8. The average Bonchev–Trinajstić information content (AvgIpc) is 3.71. The number of aliphatic hydroxyl groups excluding tert-OH is 1.